The van der Waals surface area contributed by atoms with E-state index in [1.165, 1.54) is 105 Å². The maximum atomic E-state index is 12.7. The highest BCUT2D eigenvalue weighted by Gasteiger charge is 2.18. The molecule has 0 fully saturated rings. The second-order valence-corrected chi connectivity index (χ2v) is 12.9. The zero-order valence-electron chi connectivity index (χ0n) is 29.4. The molecule has 4 aromatic rings. The minimum atomic E-state index is -0.277. The van der Waals surface area contributed by atoms with E-state index in [-0.39, 0.29) is 24.0 Å². The maximum Gasteiger partial charge on any atom is 0.268 e. The number of unbranched alkanes of at least 4 members (excludes halogenated alkanes) is 12. The van der Waals surface area contributed by atoms with Crippen LogP contribution in [0.25, 0.3) is 0 Å². The van der Waals surface area contributed by atoms with Crippen LogP contribution in [-0.2, 0) is 22.6 Å². The highest BCUT2D eigenvalue weighted by molar-refractivity contribution is 5.98. The summed E-state index contributed by atoms with van der Waals surface area (Å²) in [5.74, 6) is 0.521. The standard InChI is InChI=1S/C41H54N4O4/c1-3-4-5-6-7-8-9-10-11-12-13-14-16-20-34-23-19-24-38(29-34)49-32-40(47)42-36-25-27-37(28-26-36)45(33(2)46)39-30-41(48)44(43-39)31-35-21-17-15-18-22-35/h15,17-19,21-30,43H,3-14,16,20,31-32H2,1-2H3,(H,42,47). The summed E-state index contributed by atoms with van der Waals surface area (Å²) in [6, 6.07) is 25.9. The van der Waals surface area contributed by atoms with Gasteiger partial charge in [0, 0.05) is 18.7 Å². The van der Waals surface area contributed by atoms with E-state index in [0.717, 1.165) is 18.4 Å². The van der Waals surface area contributed by atoms with Crippen molar-refractivity contribution in [3.05, 3.63) is 106 Å². The van der Waals surface area contributed by atoms with Gasteiger partial charge < -0.3 is 10.1 Å². The number of H-pyrrole nitrogens is 1. The van der Waals surface area contributed by atoms with Gasteiger partial charge >= 0.3 is 0 Å². The number of aryl methyl sites for hydroxylation is 1. The Morgan fingerprint density at radius 1 is 0.735 bits per heavy atom. The first-order chi connectivity index (χ1) is 23.9. The molecule has 8 heteroatoms. The second-order valence-electron chi connectivity index (χ2n) is 12.9. The van der Waals surface area contributed by atoms with Crippen LogP contribution in [0, 0.1) is 0 Å². The molecule has 0 aliphatic carbocycles. The van der Waals surface area contributed by atoms with Crippen molar-refractivity contribution in [2.75, 3.05) is 16.8 Å². The fourth-order valence-electron chi connectivity index (χ4n) is 6.09. The second kappa shape index (κ2) is 20.7. The molecule has 1 aromatic heterocycles. The third kappa shape index (κ3) is 13.1. The number of anilines is 3. The fourth-order valence-corrected chi connectivity index (χ4v) is 6.09. The molecular weight excluding hydrogens is 612 g/mol. The Bertz CT molecular complexity index is 1610. The summed E-state index contributed by atoms with van der Waals surface area (Å²) in [5.41, 5.74) is 3.10. The highest BCUT2D eigenvalue weighted by Crippen LogP contribution is 2.25. The predicted molar refractivity (Wildman–Crippen MR) is 200 cm³/mol. The minimum Gasteiger partial charge on any atom is -0.484 e. The van der Waals surface area contributed by atoms with Gasteiger partial charge in [-0.3, -0.25) is 24.4 Å². The number of ether oxygens (including phenoxy) is 1. The number of hydrogen-bond acceptors (Lipinski definition) is 4. The first-order valence-corrected chi connectivity index (χ1v) is 18.2. The molecule has 0 unspecified atom stereocenters. The van der Waals surface area contributed by atoms with E-state index in [1.807, 2.05) is 48.5 Å². The van der Waals surface area contributed by atoms with Gasteiger partial charge in [-0.05, 0) is 60.4 Å². The molecule has 0 spiro atoms. The molecule has 3 aromatic carbocycles. The molecule has 8 nitrogen and oxygen atoms in total. The quantitative estimate of drug-likeness (QED) is 0.0817. The maximum absolute atomic E-state index is 12.7. The van der Waals surface area contributed by atoms with Gasteiger partial charge in [-0.2, -0.15) is 0 Å². The van der Waals surface area contributed by atoms with Crippen LogP contribution in [0.15, 0.2) is 89.7 Å². The van der Waals surface area contributed by atoms with E-state index in [0.29, 0.717) is 29.5 Å². The van der Waals surface area contributed by atoms with Crippen molar-refractivity contribution in [3.63, 3.8) is 0 Å². The first kappa shape index (κ1) is 37.2. The fraction of sp³-hybridized carbons (Fsp3) is 0.439. The molecular formula is C41H54N4O4. The predicted octanol–water partition coefficient (Wildman–Crippen LogP) is 9.56. The van der Waals surface area contributed by atoms with E-state index < -0.39 is 0 Å². The van der Waals surface area contributed by atoms with E-state index in [2.05, 4.69) is 23.4 Å². The van der Waals surface area contributed by atoms with Crippen LogP contribution in [0.4, 0.5) is 17.2 Å². The molecule has 0 atom stereocenters. The molecule has 2 N–H and O–H groups in total. The molecule has 262 valence electrons. The number of nitrogens with one attached hydrogen (secondary N) is 2. The van der Waals surface area contributed by atoms with Crippen molar-refractivity contribution in [2.45, 2.75) is 110 Å². The van der Waals surface area contributed by atoms with E-state index in [4.69, 9.17) is 4.74 Å². The SMILES string of the molecule is CCCCCCCCCCCCCCCc1cccc(OCC(=O)Nc2ccc(N(C(C)=O)c3cc(=O)n(Cc4ccccc4)[nH]3)cc2)c1. The highest BCUT2D eigenvalue weighted by atomic mass is 16.5. The summed E-state index contributed by atoms with van der Waals surface area (Å²) in [7, 11) is 0. The van der Waals surface area contributed by atoms with Gasteiger partial charge in [0.1, 0.15) is 11.6 Å². The van der Waals surface area contributed by atoms with Crippen molar-refractivity contribution < 1.29 is 14.3 Å². The van der Waals surface area contributed by atoms with E-state index >= 15 is 0 Å². The lowest BCUT2D eigenvalue weighted by atomic mass is 10.0. The summed E-state index contributed by atoms with van der Waals surface area (Å²) in [4.78, 5) is 39.4. The number of carbonyl (C=O) groups is 2. The Balaban J connectivity index is 1.16. The van der Waals surface area contributed by atoms with Gasteiger partial charge in [0.15, 0.2) is 6.61 Å². The Morgan fingerprint density at radius 3 is 1.98 bits per heavy atom. The Hall–Kier alpha value is -4.59. The van der Waals surface area contributed by atoms with Crippen molar-refractivity contribution in [1.82, 2.24) is 9.78 Å². The number of aromatic amines is 1. The van der Waals surface area contributed by atoms with Crippen molar-refractivity contribution in [1.29, 1.82) is 0 Å². The van der Waals surface area contributed by atoms with Crippen LogP contribution in [0.5, 0.6) is 5.75 Å². The van der Waals surface area contributed by atoms with Gasteiger partial charge in [-0.1, -0.05) is 126 Å². The van der Waals surface area contributed by atoms with Gasteiger partial charge in [0.25, 0.3) is 11.5 Å². The summed E-state index contributed by atoms with van der Waals surface area (Å²) in [5, 5.41) is 5.90. The molecule has 0 saturated carbocycles. The molecule has 0 radical (unpaired) electrons. The smallest absolute Gasteiger partial charge is 0.268 e. The summed E-state index contributed by atoms with van der Waals surface area (Å²) >= 11 is 0. The number of carbonyl (C=O) groups excluding carboxylic acids is 2. The third-order valence-corrected chi connectivity index (χ3v) is 8.76. The summed E-state index contributed by atoms with van der Waals surface area (Å²) < 4.78 is 7.27. The lowest BCUT2D eigenvalue weighted by molar-refractivity contribution is -0.118. The Kier molecular flexibility index (Phi) is 15.7. The van der Waals surface area contributed by atoms with Crippen LogP contribution in [-0.4, -0.2) is 28.2 Å². The molecule has 0 saturated heterocycles. The first-order valence-electron chi connectivity index (χ1n) is 18.2. The monoisotopic (exact) mass is 666 g/mol. The Labute approximate surface area is 291 Å². The number of amides is 2. The number of rotatable bonds is 22. The number of nitrogens with zero attached hydrogens (tertiary/aromatic N) is 2. The zero-order valence-corrected chi connectivity index (χ0v) is 29.4. The minimum absolute atomic E-state index is 0.111. The number of aromatic nitrogens is 2. The third-order valence-electron chi connectivity index (χ3n) is 8.76. The lowest BCUT2D eigenvalue weighted by Crippen LogP contribution is -2.24. The molecule has 0 aliphatic rings. The average Bonchev–Trinajstić information content (AvgIpc) is 3.45. The lowest BCUT2D eigenvalue weighted by Gasteiger charge is -2.19. The normalized spacial score (nSPS) is 11.0. The van der Waals surface area contributed by atoms with Crippen molar-refractivity contribution in [3.8, 4) is 5.75 Å². The van der Waals surface area contributed by atoms with Crippen molar-refractivity contribution in [2.24, 2.45) is 0 Å². The average molecular weight is 667 g/mol. The molecule has 2 amide bonds. The van der Waals surface area contributed by atoms with Crippen LogP contribution in [0.3, 0.4) is 0 Å². The van der Waals surface area contributed by atoms with Crippen LogP contribution >= 0.6 is 0 Å². The molecule has 1 heterocycles. The number of benzene rings is 3. The number of hydrogen-bond donors (Lipinski definition) is 2. The van der Waals surface area contributed by atoms with E-state index in [1.54, 1.807) is 24.3 Å². The van der Waals surface area contributed by atoms with Gasteiger partial charge in [0.05, 0.1) is 12.2 Å². The topological polar surface area (TPSA) is 96.4 Å². The van der Waals surface area contributed by atoms with Crippen LogP contribution in [0.2, 0.25) is 0 Å². The summed E-state index contributed by atoms with van der Waals surface area (Å²) in [6.45, 7) is 3.96. The van der Waals surface area contributed by atoms with Gasteiger partial charge in [0.2, 0.25) is 5.91 Å². The molecule has 4 rings (SSSR count). The largest absolute Gasteiger partial charge is 0.484 e. The summed E-state index contributed by atoms with van der Waals surface area (Å²) in [6.07, 6.45) is 18.5. The Morgan fingerprint density at radius 2 is 1.35 bits per heavy atom. The molecule has 49 heavy (non-hydrogen) atoms. The van der Waals surface area contributed by atoms with Gasteiger partial charge in [-0.15, -0.1) is 0 Å². The van der Waals surface area contributed by atoms with Crippen molar-refractivity contribution >= 4 is 29.0 Å². The van der Waals surface area contributed by atoms with Crippen LogP contribution < -0.4 is 20.5 Å². The molecule has 0 aliphatic heterocycles. The van der Waals surface area contributed by atoms with Gasteiger partial charge in [-0.25, -0.2) is 4.68 Å². The zero-order chi connectivity index (χ0) is 34.7. The molecule has 0 bridgehead atoms. The van der Waals surface area contributed by atoms with E-state index in [9.17, 15) is 14.4 Å². The van der Waals surface area contributed by atoms with Crippen LogP contribution in [0.1, 0.15) is 108 Å².